The van der Waals surface area contributed by atoms with Gasteiger partial charge in [-0.25, -0.2) is 0 Å². The van der Waals surface area contributed by atoms with E-state index in [4.69, 9.17) is 17.3 Å². The number of benzene rings is 1. The molecule has 0 spiro atoms. The van der Waals surface area contributed by atoms with E-state index in [1.165, 1.54) is 10.3 Å². The molecule has 0 bridgehead atoms. The van der Waals surface area contributed by atoms with Crippen LogP contribution in [0.4, 0.5) is 0 Å². The Morgan fingerprint density at radius 3 is 2.86 bits per heavy atom. The number of halogens is 1. The summed E-state index contributed by atoms with van der Waals surface area (Å²) in [6, 6.07) is 6.42. The van der Waals surface area contributed by atoms with Crippen molar-refractivity contribution in [2.24, 2.45) is 5.73 Å². The van der Waals surface area contributed by atoms with Gasteiger partial charge in [-0.2, -0.15) is 0 Å². The van der Waals surface area contributed by atoms with Crippen LogP contribution in [0, 0.1) is 0 Å². The monoisotopic (exact) mass is 225 g/mol. The second kappa shape index (κ2) is 3.89. The number of aryl methyl sites for hydroxylation is 1. The molecule has 1 nitrogen and oxygen atoms in total. The molecule has 0 unspecified atom stereocenters. The van der Waals surface area contributed by atoms with Crippen LogP contribution in [0.25, 0.3) is 10.1 Å². The fraction of sp³-hybridized carbons (Fsp3) is 0.273. The van der Waals surface area contributed by atoms with Crippen LogP contribution in [0.2, 0.25) is 5.02 Å². The molecule has 0 fully saturated rings. The standard InChI is InChI=1S/C11H12ClNS/c1-2-7-3-4-8-9(5-7)14-10(6-13)11(8)12/h3-5H,2,6,13H2,1H3. The zero-order chi connectivity index (χ0) is 10.1. The predicted octanol–water partition coefficient (Wildman–Crippen LogP) is 3.58. The highest BCUT2D eigenvalue weighted by Crippen LogP contribution is 2.35. The number of rotatable bonds is 2. The molecule has 0 saturated carbocycles. The maximum Gasteiger partial charge on any atom is 0.0636 e. The van der Waals surface area contributed by atoms with Gasteiger partial charge in [0.1, 0.15) is 0 Å². The molecule has 0 amide bonds. The van der Waals surface area contributed by atoms with E-state index in [1.54, 1.807) is 11.3 Å². The van der Waals surface area contributed by atoms with E-state index in [0.29, 0.717) is 6.54 Å². The highest BCUT2D eigenvalue weighted by molar-refractivity contribution is 7.19. The summed E-state index contributed by atoms with van der Waals surface area (Å²) in [6.07, 6.45) is 1.06. The SMILES string of the molecule is CCc1ccc2c(Cl)c(CN)sc2c1. The fourth-order valence-corrected chi connectivity index (χ4v) is 2.96. The minimum atomic E-state index is 0.527. The second-order valence-corrected chi connectivity index (χ2v) is 4.74. The first kappa shape index (κ1) is 9.97. The lowest BCUT2D eigenvalue weighted by Gasteiger charge is -1.95. The number of nitrogens with two attached hydrogens (primary N) is 1. The Morgan fingerprint density at radius 2 is 2.21 bits per heavy atom. The third-order valence-corrected chi connectivity index (χ3v) is 4.07. The molecule has 74 valence electrons. The maximum absolute atomic E-state index is 6.18. The molecule has 14 heavy (non-hydrogen) atoms. The van der Waals surface area contributed by atoms with Crippen molar-refractivity contribution in [3.63, 3.8) is 0 Å². The van der Waals surface area contributed by atoms with Crippen molar-refractivity contribution in [3.05, 3.63) is 33.7 Å². The Labute approximate surface area is 92.5 Å². The molecule has 2 N–H and O–H groups in total. The molecule has 0 radical (unpaired) electrons. The highest BCUT2D eigenvalue weighted by Gasteiger charge is 2.08. The van der Waals surface area contributed by atoms with Crippen LogP contribution < -0.4 is 5.73 Å². The van der Waals surface area contributed by atoms with Gasteiger partial charge in [-0.3, -0.25) is 0 Å². The first-order valence-corrected chi connectivity index (χ1v) is 5.85. The smallest absolute Gasteiger partial charge is 0.0636 e. The van der Waals surface area contributed by atoms with Gasteiger partial charge in [0.05, 0.1) is 5.02 Å². The van der Waals surface area contributed by atoms with Crippen LogP contribution in [-0.4, -0.2) is 0 Å². The summed E-state index contributed by atoms with van der Waals surface area (Å²) in [5, 5.41) is 1.96. The van der Waals surface area contributed by atoms with Gasteiger partial charge in [-0.15, -0.1) is 11.3 Å². The zero-order valence-electron chi connectivity index (χ0n) is 8.01. The van der Waals surface area contributed by atoms with Gasteiger partial charge in [0, 0.05) is 21.5 Å². The van der Waals surface area contributed by atoms with E-state index in [1.807, 2.05) is 0 Å². The largest absolute Gasteiger partial charge is 0.326 e. The number of thiophene rings is 1. The molecular formula is C11H12ClNS. The maximum atomic E-state index is 6.18. The Hall–Kier alpha value is -0.570. The Kier molecular flexibility index (Phi) is 2.77. The Bertz CT molecular complexity index is 462. The molecule has 0 aliphatic rings. The first-order chi connectivity index (χ1) is 6.76. The minimum absolute atomic E-state index is 0.527. The second-order valence-electron chi connectivity index (χ2n) is 3.23. The molecule has 0 atom stereocenters. The lowest BCUT2D eigenvalue weighted by atomic mass is 10.1. The minimum Gasteiger partial charge on any atom is -0.326 e. The zero-order valence-corrected chi connectivity index (χ0v) is 9.58. The molecule has 2 rings (SSSR count). The third-order valence-electron chi connectivity index (χ3n) is 2.35. The van der Waals surface area contributed by atoms with Gasteiger partial charge in [0.2, 0.25) is 0 Å². The summed E-state index contributed by atoms with van der Waals surface area (Å²) in [5.41, 5.74) is 6.96. The van der Waals surface area contributed by atoms with Gasteiger partial charge in [0.15, 0.2) is 0 Å². The quantitative estimate of drug-likeness (QED) is 0.831. The lowest BCUT2D eigenvalue weighted by Crippen LogP contribution is -1.92. The summed E-state index contributed by atoms with van der Waals surface area (Å²) in [5.74, 6) is 0. The van der Waals surface area contributed by atoms with Crippen molar-refractivity contribution in [3.8, 4) is 0 Å². The van der Waals surface area contributed by atoms with Crippen molar-refractivity contribution in [1.29, 1.82) is 0 Å². The van der Waals surface area contributed by atoms with Crippen LogP contribution in [0.3, 0.4) is 0 Å². The highest BCUT2D eigenvalue weighted by atomic mass is 35.5. The number of fused-ring (bicyclic) bond motifs is 1. The fourth-order valence-electron chi connectivity index (χ4n) is 1.51. The van der Waals surface area contributed by atoms with Gasteiger partial charge < -0.3 is 5.73 Å². The number of hydrogen-bond acceptors (Lipinski definition) is 2. The molecule has 1 heterocycles. The van der Waals surface area contributed by atoms with E-state index in [0.717, 1.165) is 21.7 Å². The molecule has 0 saturated heterocycles. The molecule has 1 aromatic heterocycles. The van der Waals surface area contributed by atoms with Crippen LogP contribution in [-0.2, 0) is 13.0 Å². The van der Waals surface area contributed by atoms with Gasteiger partial charge in [-0.1, -0.05) is 30.7 Å². The molecule has 1 aromatic carbocycles. The topological polar surface area (TPSA) is 26.0 Å². The van der Waals surface area contributed by atoms with Crippen LogP contribution in [0.5, 0.6) is 0 Å². The van der Waals surface area contributed by atoms with Crippen molar-refractivity contribution >= 4 is 33.0 Å². The summed E-state index contributed by atoms with van der Waals surface area (Å²) in [7, 11) is 0. The normalized spacial score (nSPS) is 11.1. The first-order valence-electron chi connectivity index (χ1n) is 4.66. The summed E-state index contributed by atoms with van der Waals surface area (Å²) in [6.45, 7) is 2.68. The molecule has 0 aliphatic carbocycles. The summed E-state index contributed by atoms with van der Waals surface area (Å²) >= 11 is 7.88. The van der Waals surface area contributed by atoms with E-state index in [9.17, 15) is 0 Å². The average Bonchev–Trinajstić information content (AvgIpc) is 2.55. The summed E-state index contributed by atoms with van der Waals surface area (Å²) < 4.78 is 1.25. The summed E-state index contributed by atoms with van der Waals surface area (Å²) in [4.78, 5) is 1.08. The van der Waals surface area contributed by atoms with E-state index >= 15 is 0 Å². The molecule has 2 aromatic rings. The van der Waals surface area contributed by atoms with Crippen molar-refractivity contribution in [1.82, 2.24) is 0 Å². The van der Waals surface area contributed by atoms with Crippen molar-refractivity contribution in [2.45, 2.75) is 19.9 Å². The van der Waals surface area contributed by atoms with E-state index < -0.39 is 0 Å². The third kappa shape index (κ3) is 1.54. The van der Waals surface area contributed by atoms with E-state index in [-0.39, 0.29) is 0 Å². The molecule has 0 aliphatic heterocycles. The Morgan fingerprint density at radius 1 is 1.43 bits per heavy atom. The predicted molar refractivity (Wildman–Crippen MR) is 64.1 cm³/mol. The number of hydrogen-bond donors (Lipinski definition) is 1. The van der Waals surface area contributed by atoms with Gasteiger partial charge in [0.25, 0.3) is 0 Å². The van der Waals surface area contributed by atoms with Gasteiger partial charge >= 0.3 is 0 Å². The van der Waals surface area contributed by atoms with Gasteiger partial charge in [-0.05, 0) is 18.1 Å². The Balaban J connectivity index is 2.66. The molecular weight excluding hydrogens is 214 g/mol. The van der Waals surface area contributed by atoms with Crippen LogP contribution in [0.15, 0.2) is 18.2 Å². The van der Waals surface area contributed by atoms with Crippen molar-refractivity contribution in [2.75, 3.05) is 0 Å². The molecule has 3 heteroatoms. The van der Waals surface area contributed by atoms with E-state index in [2.05, 4.69) is 25.1 Å². The van der Waals surface area contributed by atoms with Crippen LogP contribution in [0.1, 0.15) is 17.4 Å². The van der Waals surface area contributed by atoms with Crippen molar-refractivity contribution < 1.29 is 0 Å². The lowest BCUT2D eigenvalue weighted by molar-refractivity contribution is 1.11. The van der Waals surface area contributed by atoms with Crippen LogP contribution >= 0.6 is 22.9 Å². The average molecular weight is 226 g/mol.